The molecule has 0 saturated heterocycles. The quantitative estimate of drug-likeness (QED) is 0.232. The average molecular weight is 358 g/mol. The molecule has 0 bridgehead atoms. The van der Waals surface area contributed by atoms with E-state index >= 15 is 0 Å². The molecule has 1 aromatic heterocycles. The maximum Gasteiger partial charge on any atom is 0.131 e. The van der Waals surface area contributed by atoms with Gasteiger partial charge in [-0.1, -0.05) is 60.1 Å². The molecule has 0 atom stereocenters. The minimum Gasteiger partial charge on any atom is -0.248 e. The van der Waals surface area contributed by atoms with E-state index in [1.165, 1.54) is 6.07 Å². The van der Waals surface area contributed by atoms with Gasteiger partial charge in [-0.2, -0.15) is 0 Å². The number of fused-ring (bicyclic) bond motifs is 4. The van der Waals surface area contributed by atoms with Crippen molar-refractivity contribution in [1.29, 1.82) is 0 Å². The molecule has 0 amide bonds. The van der Waals surface area contributed by atoms with Crippen molar-refractivity contribution in [2.24, 2.45) is 0 Å². The van der Waals surface area contributed by atoms with Crippen LogP contribution in [0, 0.1) is 5.82 Å². The van der Waals surface area contributed by atoms with Gasteiger partial charge < -0.3 is 0 Å². The van der Waals surface area contributed by atoms with Gasteiger partial charge in [-0.25, -0.2) is 9.37 Å². The number of hydrogen-bond acceptors (Lipinski definition) is 1. The van der Waals surface area contributed by atoms with Crippen molar-refractivity contribution in [1.82, 2.24) is 4.98 Å². The third kappa shape index (κ3) is 2.27. The second-order valence-corrected chi connectivity index (χ2v) is 6.75. The first-order chi connectivity index (χ1) is 12.7. The molecule has 0 fully saturated rings. The maximum absolute atomic E-state index is 14.8. The molecule has 0 aliphatic carbocycles. The lowest BCUT2D eigenvalue weighted by molar-refractivity contribution is 0.631. The lowest BCUT2D eigenvalue weighted by Gasteiger charge is -2.14. The summed E-state index contributed by atoms with van der Waals surface area (Å²) >= 11 is 6.27. The molecule has 26 heavy (non-hydrogen) atoms. The molecule has 4 aromatic carbocycles. The number of rotatable bonds is 1. The number of benzene rings is 4. The van der Waals surface area contributed by atoms with Crippen molar-refractivity contribution in [2.45, 2.75) is 0 Å². The van der Waals surface area contributed by atoms with Gasteiger partial charge in [-0.15, -0.1) is 0 Å². The third-order valence-corrected chi connectivity index (χ3v) is 5.00. The van der Waals surface area contributed by atoms with E-state index in [0.29, 0.717) is 10.6 Å². The summed E-state index contributed by atoms with van der Waals surface area (Å²) in [6, 6.07) is 24.6. The summed E-state index contributed by atoms with van der Waals surface area (Å²) in [6.07, 6.45) is 0. The van der Waals surface area contributed by atoms with E-state index in [4.69, 9.17) is 16.6 Å². The van der Waals surface area contributed by atoms with Crippen LogP contribution in [-0.4, -0.2) is 4.98 Å². The van der Waals surface area contributed by atoms with Gasteiger partial charge in [0.15, 0.2) is 0 Å². The van der Waals surface area contributed by atoms with Crippen LogP contribution in [0.1, 0.15) is 0 Å². The number of pyridine rings is 1. The van der Waals surface area contributed by atoms with Crippen LogP contribution in [0.5, 0.6) is 0 Å². The Morgan fingerprint density at radius 2 is 1.50 bits per heavy atom. The standard InChI is InChI=1S/C23H13ClFN/c24-15-10-12-20-18(13-15)22(17-7-3-4-8-19(17)25)23-16-6-2-1-5-14(16)9-11-21(23)26-20/h1-13H. The largest absolute Gasteiger partial charge is 0.248 e. The molecule has 0 aliphatic rings. The van der Waals surface area contributed by atoms with Gasteiger partial charge >= 0.3 is 0 Å². The molecular formula is C23H13ClFN. The Hall–Kier alpha value is -2.97. The lowest BCUT2D eigenvalue weighted by atomic mass is 9.92. The minimum absolute atomic E-state index is 0.255. The summed E-state index contributed by atoms with van der Waals surface area (Å²) in [5.74, 6) is -0.255. The molecule has 1 nitrogen and oxygen atoms in total. The Morgan fingerprint density at radius 3 is 2.38 bits per heavy atom. The minimum atomic E-state index is -0.255. The second-order valence-electron chi connectivity index (χ2n) is 6.31. The van der Waals surface area contributed by atoms with Crippen LogP contribution in [-0.2, 0) is 0 Å². The van der Waals surface area contributed by atoms with E-state index in [1.54, 1.807) is 6.07 Å². The Morgan fingerprint density at radius 1 is 0.731 bits per heavy atom. The van der Waals surface area contributed by atoms with Crippen LogP contribution in [0.3, 0.4) is 0 Å². The van der Waals surface area contributed by atoms with Gasteiger partial charge in [-0.05, 0) is 41.1 Å². The first kappa shape index (κ1) is 15.3. The summed E-state index contributed by atoms with van der Waals surface area (Å²) < 4.78 is 14.8. The van der Waals surface area contributed by atoms with Crippen LogP contribution >= 0.6 is 11.6 Å². The van der Waals surface area contributed by atoms with Gasteiger partial charge in [0.25, 0.3) is 0 Å². The van der Waals surface area contributed by atoms with Crippen LogP contribution in [0.2, 0.25) is 5.02 Å². The first-order valence-corrected chi connectivity index (χ1v) is 8.76. The van der Waals surface area contributed by atoms with Crippen LogP contribution < -0.4 is 0 Å². The highest BCUT2D eigenvalue weighted by Gasteiger charge is 2.16. The fourth-order valence-corrected chi connectivity index (χ4v) is 3.80. The monoisotopic (exact) mass is 357 g/mol. The third-order valence-electron chi connectivity index (χ3n) is 4.77. The van der Waals surface area contributed by atoms with E-state index in [-0.39, 0.29) is 5.82 Å². The molecule has 5 aromatic rings. The summed E-state index contributed by atoms with van der Waals surface area (Å²) in [5.41, 5.74) is 3.04. The van der Waals surface area contributed by atoms with Crippen molar-refractivity contribution in [3.63, 3.8) is 0 Å². The Bertz CT molecular complexity index is 1310. The predicted molar refractivity (Wildman–Crippen MR) is 107 cm³/mol. The molecule has 3 heteroatoms. The summed E-state index contributed by atoms with van der Waals surface area (Å²) in [4.78, 5) is 4.80. The van der Waals surface area contributed by atoms with Gasteiger partial charge in [0.05, 0.1) is 11.0 Å². The second kappa shape index (κ2) is 5.79. The summed E-state index contributed by atoms with van der Waals surface area (Å²) in [6.45, 7) is 0. The molecular weight excluding hydrogens is 345 g/mol. The van der Waals surface area contributed by atoms with E-state index in [9.17, 15) is 4.39 Å². The fourth-order valence-electron chi connectivity index (χ4n) is 3.63. The van der Waals surface area contributed by atoms with Crippen molar-refractivity contribution in [3.8, 4) is 11.1 Å². The predicted octanol–water partition coefficient (Wildman–Crippen LogP) is 7.00. The lowest BCUT2D eigenvalue weighted by Crippen LogP contribution is -1.92. The molecule has 5 rings (SSSR count). The first-order valence-electron chi connectivity index (χ1n) is 8.38. The molecule has 0 unspecified atom stereocenters. The zero-order valence-corrected chi connectivity index (χ0v) is 14.5. The van der Waals surface area contributed by atoms with E-state index < -0.39 is 0 Å². The van der Waals surface area contributed by atoms with Gasteiger partial charge in [0, 0.05) is 26.9 Å². The summed E-state index contributed by atoms with van der Waals surface area (Å²) in [7, 11) is 0. The molecule has 0 N–H and O–H groups in total. The molecule has 0 spiro atoms. The van der Waals surface area contributed by atoms with Gasteiger partial charge in [0.1, 0.15) is 5.82 Å². The van der Waals surface area contributed by atoms with Gasteiger partial charge in [0.2, 0.25) is 0 Å². The van der Waals surface area contributed by atoms with Crippen molar-refractivity contribution in [3.05, 3.63) is 89.7 Å². The van der Waals surface area contributed by atoms with Crippen molar-refractivity contribution < 1.29 is 4.39 Å². The average Bonchev–Trinajstić information content (AvgIpc) is 2.67. The Labute approximate surface area is 154 Å². The molecule has 0 aliphatic heterocycles. The maximum atomic E-state index is 14.8. The highest BCUT2D eigenvalue weighted by molar-refractivity contribution is 6.32. The topological polar surface area (TPSA) is 12.9 Å². The zero-order valence-electron chi connectivity index (χ0n) is 13.7. The highest BCUT2D eigenvalue weighted by atomic mass is 35.5. The van der Waals surface area contributed by atoms with Crippen LogP contribution in [0.25, 0.3) is 43.7 Å². The molecule has 0 radical (unpaired) electrons. The SMILES string of the molecule is Fc1ccccc1-c1c2cc(Cl)ccc2nc2ccc3ccccc3c12. The van der Waals surface area contributed by atoms with Crippen LogP contribution in [0.15, 0.2) is 78.9 Å². The number of aromatic nitrogens is 1. The highest BCUT2D eigenvalue weighted by Crippen LogP contribution is 2.40. The Balaban J connectivity index is 2.11. The smallest absolute Gasteiger partial charge is 0.131 e. The molecule has 0 saturated carbocycles. The van der Waals surface area contributed by atoms with Crippen molar-refractivity contribution in [2.75, 3.05) is 0 Å². The van der Waals surface area contributed by atoms with Gasteiger partial charge in [-0.3, -0.25) is 0 Å². The normalized spacial score (nSPS) is 11.5. The zero-order chi connectivity index (χ0) is 17.7. The summed E-state index contributed by atoms with van der Waals surface area (Å²) in [5, 5.41) is 4.56. The van der Waals surface area contributed by atoms with E-state index in [2.05, 4.69) is 18.2 Å². The number of nitrogens with zero attached hydrogens (tertiary/aromatic N) is 1. The molecule has 124 valence electrons. The molecule has 1 heterocycles. The van der Waals surface area contributed by atoms with Crippen molar-refractivity contribution >= 4 is 44.2 Å². The van der Waals surface area contributed by atoms with E-state index in [1.807, 2.05) is 48.5 Å². The van der Waals surface area contributed by atoms with Crippen LogP contribution in [0.4, 0.5) is 4.39 Å². The number of hydrogen-bond donors (Lipinski definition) is 0. The number of halogens is 2. The Kier molecular flexibility index (Phi) is 3.41. The van der Waals surface area contributed by atoms with E-state index in [0.717, 1.165) is 38.1 Å². The fraction of sp³-hybridized carbons (Fsp3) is 0.